The molecule has 1 rings (SSSR count). The molecule has 0 bridgehead atoms. The summed E-state index contributed by atoms with van der Waals surface area (Å²) in [6.07, 6.45) is -0.474. The fourth-order valence-electron chi connectivity index (χ4n) is 1.78. The standard InChI is InChI=1S/C11H18N2O4/c1-8(2)11(17)13-5-3-12(4-6-13)9(14)7-10(15)16/h8H,3-7H2,1-2H3,(H,15,16). The molecule has 0 unspecified atom stereocenters. The van der Waals surface area contributed by atoms with E-state index in [1.807, 2.05) is 13.8 Å². The number of amides is 2. The molecule has 96 valence electrons. The summed E-state index contributed by atoms with van der Waals surface area (Å²) >= 11 is 0. The number of rotatable bonds is 3. The molecule has 0 aromatic heterocycles. The number of aliphatic carboxylic acids is 1. The van der Waals surface area contributed by atoms with E-state index in [9.17, 15) is 14.4 Å². The van der Waals surface area contributed by atoms with Crippen molar-refractivity contribution in [3.8, 4) is 0 Å². The van der Waals surface area contributed by atoms with E-state index in [0.717, 1.165) is 0 Å². The third-order valence-electron chi connectivity index (χ3n) is 2.74. The first-order chi connectivity index (χ1) is 7.91. The number of carboxylic acids is 1. The zero-order chi connectivity index (χ0) is 13.0. The van der Waals surface area contributed by atoms with Crippen LogP contribution in [0.4, 0.5) is 0 Å². The number of hydrogen-bond acceptors (Lipinski definition) is 3. The molecule has 0 saturated carbocycles. The third kappa shape index (κ3) is 3.72. The topological polar surface area (TPSA) is 77.9 Å². The van der Waals surface area contributed by atoms with Crippen molar-refractivity contribution < 1.29 is 19.5 Å². The van der Waals surface area contributed by atoms with Crippen molar-refractivity contribution in [3.05, 3.63) is 0 Å². The van der Waals surface area contributed by atoms with Crippen LogP contribution >= 0.6 is 0 Å². The lowest BCUT2D eigenvalue weighted by Gasteiger charge is -2.35. The van der Waals surface area contributed by atoms with Crippen LogP contribution in [0.2, 0.25) is 0 Å². The number of hydrogen-bond donors (Lipinski definition) is 1. The van der Waals surface area contributed by atoms with Crippen molar-refractivity contribution in [2.24, 2.45) is 5.92 Å². The Balaban J connectivity index is 2.43. The van der Waals surface area contributed by atoms with Crippen LogP contribution in [0.25, 0.3) is 0 Å². The summed E-state index contributed by atoms with van der Waals surface area (Å²) < 4.78 is 0. The van der Waals surface area contributed by atoms with E-state index < -0.39 is 12.4 Å². The van der Waals surface area contributed by atoms with Gasteiger partial charge in [-0.25, -0.2) is 0 Å². The van der Waals surface area contributed by atoms with Gasteiger partial charge in [-0.1, -0.05) is 13.8 Å². The summed E-state index contributed by atoms with van der Waals surface area (Å²) in [5.74, 6) is -1.46. The van der Waals surface area contributed by atoms with Gasteiger partial charge in [0.1, 0.15) is 6.42 Å². The van der Waals surface area contributed by atoms with Crippen molar-refractivity contribution in [2.45, 2.75) is 20.3 Å². The molecule has 1 saturated heterocycles. The van der Waals surface area contributed by atoms with Crippen LogP contribution in [0.5, 0.6) is 0 Å². The minimum absolute atomic E-state index is 0.0451. The van der Waals surface area contributed by atoms with Gasteiger partial charge in [0.2, 0.25) is 11.8 Å². The molecule has 1 N–H and O–H groups in total. The first kappa shape index (κ1) is 13.5. The van der Waals surface area contributed by atoms with Gasteiger partial charge in [-0.2, -0.15) is 0 Å². The normalized spacial score (nSPS) is 16.2. The summed E-state index contributed by atoms with van der Waals surface area (Å²) in [5, 5.41) is 8.52. The Kier molecular flexibility index (Phi) is 4.48. The van der Waals surface area contributed by atoms with Crippen LogP contribution < -0.4 is 0 Å². The molecule has 2 amide bonds. The average Bonchev–Trinajstić information content (AvgIpc) is 2.27. The van der Waals surface area contributed by atoms with Crippen LogP contribution in [-0.2, 0) is 14.4 Å². The molecule has 6 heteroatoms. The molecule has 0 aromatic carbocycles. The van der Waals surface area contributed by atoms with Gasteiger partial charge in [0.25, 0.3) is 0 Å². The maximum absolute atomic E-state index is 11.7. The number of carbonyl (C=O) groups is 3. The van der Waals surface area contributed by atoms with Gasteiger partial charge in [0, 0.05) is 32.1 Å². The minimum Gasteiger partial charge on any atom is -0.481 e. The van der Waals surface area contributed by atoms with Crippen LogP contribution in [0, 0.1) is 5.92 Å². The predicted octanol–water partition coefficient (Wildman–Crippen LogP) is -0.212. The first-order valence-electron chi connectivity index (χ1n) is 5.70. The molecule has 1 aliphatic heterocycles. The lowest BCUT2D eigenvalue weighted by Crippen LogP contribution is -2.51. The molecule has 0 atom stereocenters. The third-order valence-corrected chi connectivity index (χ3v) is 2.74. The predicted molar refractivity (Wildman–Crippen MR) is 60.3 cm³/mol. The number of nitrogens with zero attached hydrogens (tertiary/aromatic N) is 2. The van der Waals surface area contributed by atoms with Crippen LogP contribution in [0.3, 0.4) is 0 Å². The largest absolute Gasteiger partial charge is 0.481 e. The second-order valence-corrected chi connectivity index (χ2v) is 4.43. The Morgan fingerprint density at radius 3 is 1.94 bits per heavy atom. The Bertz CT molecular complexity index is 319. The van der Waals surface area contributed by atoms with E-state index >= 15 is 0 Å². The SMILES string of the molecule is CC(C)C(=O)N1CCN(C(=O)CC(=O)O)CC1. The van der Waals surface area contributed by atoms with E-state index in [0.29, 0.717) is 26.2 Å². The van der Waals surface area contributed by atoms with Crippen molar-refractivity contribution in [3.63, 3.8) is 0 Å². The van der Waals surface area contributed by atoms with Crippen molar-refractivity contribution >= 4 is 17.8 Å². The van der Waals surface area contributed by atoms with Crippen molar-refractivity contribution in [1.29, 1.82) is 0 Å². The Hall–Kier alpha value is -1.59. The van der Waals surface area contributed by atoms with Gasteiger partial charge in [0.15, 0.2) is 0 Å². The van der Waals surface area contributed by atoms with E-state index in [1.165, 1.54) is 4.90 Å². The molecule has 1 fully saturated rings. The lowest BCUT2D eigenvalue weighted by atomic mass is 10.1. The van der Waals surface area contributed by atoms with Gasteiger partial charge < -0.3 is 14.9 Å². The highest BCUT2D eigenvalue weighted by Gasteiger charge is 2.25. The molecule has 0 aliphatic carbocycles. The van der Waals surface area contributed by atoms with E-state index in [1.54, 1.807) is 4.90 Å². The van der Waals surface area contributed by atoms with Crippen molar-refractivity contribution in [1.82, 2.24) is 9.80 Å². The molecular weight excluding hydrogens is 224 g/mol. The summed E-state index contributed by atoms with van der Waals surface area (Å²) in [5.41, 5.74) is 0. The summed E-state index contributed by atoms with van der Waals surface area (Å²) in [6, 6.07) is 0. The summed E-state index contributed by atoms with van der Waals surface area (Å²) in [4.78, 5) is 36.8. The van der Waals surface area contributed by atoms with E-state index in [4.69, 9.17) is 5.11 Å². The molecule has 1 aliphatic rings. The average molecular weight is 242 g/mol. The number of piperazine rings is 1. The quantitative estimate of drug-likeness (QED) is 0.694. The Morgan fingerprint density at radius 1 is 1.06 bits per heavy atom. The molecule has 0 radical (unpaired) electrons. The highest BCUT2D eigenvalue weighted by atomic mass is 16.4. The van der Waals surface area contributed by atoms with Gasteiger partial charge in [-0.05, 0) is 0 Å². The van der Waals surface area contributed by atoms with Gasteiger partial charge in [-0.3, -0.25) is 14.4 Å². The second kappa shape index (κ2) is 5.65. The highest BCUT2D eigenvalue weighted by Crippen LogP contribution is 2.08. The van der Waals surface area contributed by atoms with Gasteiger partial charge in [0.05, 0.1) is 0 Å². The Morgan fingerprint density at radius 2 is 1.53 bits per heavy atom. The van der Waals surface area contributed by atoms with Gasteiger partial charge in [-0.15, -0.1) is 0 Å². The molecular formula is C11H18N2O4. The smallest absolute Gasteiger partial charge is 0.312 e. The molecule has 6 nitrogen and oxygen atoms in total. The van der Waals surface area contributed by atoms with Gasteiger partial charge >= 0.3 is 5.97 Å². The summed E-state index contributed by atoms with van der Waals surface area (Å²) in [6.45, 7) is 5.49. The van der Waals surface area contributed by atoms with E-state index in [-0.39, 0.29) is 17.7 Å². The minimum atomic E-state index is -1.12. The maximum atomic E-state index is 11.7. The van der Waals surface area contributed by atoms with Crippen LogP contribution in [0.15, 0.2) is 0 Å². The monoisotopic (exact) mass is 242 g/mol. The highest BCUT2D eigenvalue weighted by molar-refractivity contribution is 5.93. The van der Waals surface area contributed by atoms with Crippen molar-refractivity contribution in [2.75, 3.05) is 26.2 Å². The molecule has 0 aromatic rings. The lowest BCUT2D eigenvalue weighted by molar-refractivity contribution is -0.147. The maximum Gasteiger partial charge on any atom is 0.312 e. The van der Waals surface area contributed by atoms with E-state index in [2.05, 4.69) is 0 Å². The van der Waals surface area contributed by atoms with Crippen LogP contribution in [0.1, 0.15) is 20.3 Å². The number of carboxylic acid groups (broad SMARTS) is 1. The fraction of sp³-hybridized carbons (Fsp3) is 0.727. The second-order valence-electron chi connectivity index (χ2n) is 4.43. The zero-order valence-corrected chi connectivity index (χ0v) is 10.2. The molecule has 17 heavy (non-hydrogen) atoms. The Labute approximate surface area is 100 Å². The number of carbonyl (C=O) groups excluding carboxylic acids is 2. The summed E-state index contributed by atoms with van der Waals surface area (Å²) in [7, 11) is 0. The van der Waals surface area contributed by atoms with Crippen LogP contribution in [-0.4, -0.2) is 58.9 Å². The molecule has 0 spiro atoms. The zero-order valence-electron chi connectivity index (χ0n) is 10.2. The fourth-order valence-corrected chi connectivity index (χ4v) is 1.78. The first-order valence-corrected chi connectivity index (χ1v) is 5.70. The molecule has 1 heterocycles.